The van der Waals surface area contributed by atoms with Gasteiger partial charge in [-0.25, -0.2) is 0 Å². The molecule has 1 rings (SSSR count). The third-order valence-corrected chi connectivity index (χ3v) is 2.26. The summed E-state index contributed by atoms with van der Waals surface area (Å²) in [5.41, 5.74) is -0.226. The Balaban J connectivity index is 2.78. The molecule has 0 heterocycles. The Labute approximate surface area is 108 Å². The number of ether oxygens (including phenoxy) is 2. The molecule has 0 aliphatic rings. The molecular formula is C14H22O4. The fraction of sp³-hybridized carbons (Fsp3) is 0.571. The van der Waals surface area contributed by atoms with Crippen molar-refractivity contribution in [3.8, 4) is 11.5 Å². The van der Waals surface area contributed by atoms with Crippen LogP contribution in [0.4, 0.5) is 0 Å². The van der Waals surface area contributed by atoms with Crippen LogP contribution in [0.15, 0.2) is 18.2 Å². The summed E-state index contributed by atoms with van der Waals surface area (Å²) in [6.07, 6.45) is 0.932. The lowest BCUT2D eigenvalue weighted by Gasteiger charge is -2.19. The van der Waals surface area contributed by atoms with Crippen LogP contribution in [-0.4, -0.2) is 29.0 Å². The quantitative estimate of drug-likeness (QED) is 0.782. The Kier molecular flexibility index (Phi) is 5.44. The lowest BCUT2D eigenvalue weighted by Crippen LogP contribution is -2.28. The second kappa shape index (κ2) is 6.61. The molecule has 2 N–H and O–H groups in total. The number of aliphatic hydroxyl groups is 2. The zero-order chi connectivity index (χ0) is 13.6. The standard InChI is InChI=1S/C14H22O4/c1-4-7-17-12-6-5-11(9-15)13(8-12)18-10-14(2,3)16/h5-6,8,15-16H,4,7,9-10H2,1-3H3. The molecule has 4 nitrogen and oxygen atoms in total. The number of rotatable bonds is 7. The van der Waals surface area contributed by atoms with Crippen LogP contribution in [0.5, 0.6) is 11.5 Å². The van der Waals surface area contributed by atoms with Gasteiger partial charge in [0.1, 0.15) is 18.1 Å². The minimum absolute atomic E-state index is 0.102. The Bertz CT molecular complexity index is 369. The molecule has 0 bridgehead atoms. The maximum absolute atomic E-state index is 9.63. The first-order valence-corrected chi connectivity index (χ1v) is 6.18. The maximum atomic E-state index is 9.63. The van der Waals surface area contributed by atoms with Crippen molar-refractivity contribution in [2.45, 2.75) is 39.4 Å². The molecule has 0 unspecified atom stereocenters. The van der Waals surface area contributed by atoms with Crippen molar-refractivity contribution in [1.29, 1.82) is 0 Å². The van der Waals surface area contributed by atoms with Crippen molar-refractivity contribution in [1.82, 2.24) is 0 Å². The fourth-order valence-electron chi connectivity index (χ4n) is 1.36. The van der Waals surface area contributed by atoms with Crippen molar-refractivity contribution in [3.05, 3.63) is 23.8 Å². The first kappa shape index (κ1) is 14.8. The van der Waals surface area contributed by atoms with Gasteiger partial charge in [-0.1, -0.05) is 6.92 Å². The highest BCUT2D eigenvalue weighted by Crippen LogP contribution is 2.26. The summed E-state index contributed by atoms with van der Waals surface area (Å²) < 4.78 is 11.0. The van der Waals surface area contributed by atoms with E-state index in [-0.39, 0.29) is 13.2 Å². The molecule has 0 aromatic heterocycles. The molecule has 0 amide bonds. The van der Waals surface area contributed by atoms with Gasteiger partial charge in [-0.05, 0) is 32.4 Å². The van der Waals surface area contributed by atoms with E-state index >= 15 is 0 Å². The fourth-order valence-corrected chi connectivity index (χ4v) is 1.36. The summed E-state index contributed by atoms with van der Waals surface area (Å²) in [5.74, 6) is 1.26. The molecule has 0 saturated carbocycles. The van der Waals surface area contributed by atoms with Crippen molar-refractivity contribution in [2.24, 2.45) is 0 Å². The van der Waals surface area contributed by atoms with E-state index in [1.54, 1.807) is 32.0 Å². The Hall–Kier alpha value is -1.26. The van der Waals surface area contributed by atoms with E-state index in [4.69, 9.17) is 9.47 Å². The van der Waals surface area contributed by atoms with E-state index < -0.39 is 5.60 Å². The lowest BCUT2D eigenvalue weighted by molar-refractivity contribution is 0.0276. The molecule has 0 aliphatic carbocycles. The van der Waals surface area contributed by atoms with Crippen LogP contribution >= 0.6 is 0 Å². The van der Waals surface area contributed by atoms with Crippen LogP contribution < -0.4 is 9.47 Å². The summed E-state index contributed by atoms with van der Waals surface area (Å²) in [7, 11) is 0. The first-order valence-electron chi connectivity index (χ1n) is 6.18. The van der Waals surface area contributed by atoms with E-state index in [0.29, 0.717) is 23.7 Å². The molecule has 0 saturated heterocycles. The summed E-state index contributed by atoms with van der Waals surface area (Å²) in [5, 5.41) is 18.9. The molecule has 4 heteroatoms. The topological polar surface area (TPSA) is 58.9 Å². The monoisotopic (exact) mass is 254 g/mol. The Morgan fingerprint density at radius 1 is 1.22 bits per heavy atom. The van der Waals surface area contributed by atoms with Crippen LogP contribution in [0.1, 0.15) is 32.8 Å². The van der Waals surface area contributed by atoms with Gasteiger partial charge in [-0.15, -0.1) is 0 Å². The summed E-state index contributed by atoms with van der Waals surface area (Å²) in [4.78, 5) is 0. The molecule has 0 spiro atoms. The van der Waals surface area contributed by atoms with Crippen LogP contribution in [-0.2, 0) is 6.61 Å². The van der Waals surface area contributed by atoms with Gasteiger partial charge in [-0.2, -0.15) is 0 Å². The third-order valence-electron chi connectivity index (χ3n) is 2.26. The number of aliphatic hydroxyl groups excluding tert-OH is 1. The van der Waals surface area contributed by atoms with Gasteiger partial charge >= 0.3 is 0 Å². The second-order valence-corrected chi connectivity index (χ2v) is 4.88. The minimum atomic E-state index is -0.910. The van der Waals surface area contributed by atoms with E-state index in [1.807, 2.05) is 6.92 Å². The molecule has 1 aromatic rings. The van der Waals surface area contributed by atoms with Crippen molar-refractivity contribution < 1.29 is 19.7 Å². The van der Waals surface area contributed by atoms with Gasteiger partial charge in [0, 0.05) is 11.6 Å². The largest absolute Gasteiger partial charge is 0.493 e. The van der Waals surface area contributed by atoms with E-state index in [0.717, 1.165) is 6.42 Å². The van der Waals surface area contributed by atoms with Crippen molar-refractivity contribution >= 4 is 0 Å². The van der Waals surface area contributed by atoms with Gasteiger partial charge in [0.25, 0.3) is 0 Å². The smallest absolute Gasteiger partial charge is 0.128 e. The number of hydrogen-bond donors (Lipinski definition) is 2. The average molecular weight is 254 g/mol. The van der Waals surface area contributed by atoms with Gasteiger partial charge < -0.3 is 19.7 Å². The molecule has 0 radical (unpaired) electrons. The average Bonchev–Trinajstić information content (AvgIpc) is 2.33. The Morgan fingerprint density at radius 3 is 2.50 bits per heavy atom. The highest BCUT2D eigenvalue weighted by atomic mass is 16.5. The van der Waals surface area contributed by atoms with Crippen LogP contribution in [0.25, 0.3) is 0 Å². The van der Waals surface area contributed by atoms with Gasteiger partial charge in [0.15, 0.2) is 0 Å². The van der Waals surface area contributed by atoms with Gasteiger partial charge in [0.2, 0.25) is 0 Å². The maximum Gasteiger partial charge on any atom is 0.128 e. The molecular weight excluding hydrogens is 232 g/mol. The number of benzene rings is 1. The zero-order valence-electron chi connectivity index (χ0n) is 11.3. The summed E-state index contributed by atoms with van der Waals surface area (Å²) in [6, 6.07) is 5.32. The van der Waals surface area contributed by atoms with Gasteiger partial charge in [0.05, 0.1) is 18.8 Å². The van der Waals surface area contributed by atoms with E-state index in [1.165, 1.54) is 0 Å². The molecule has 18 heavy (non-hydrogen) atoms. The highest BCUT2D eigenvalue weighted by Gasteiger charge is 2.15. The highest BCUT2D eigenvalue weighted by molar-refractivity contribution is 5.40. The number of hydrogen-bond acceptors (Lipinski definition) is 4. The SMILES string of the molecule is CCCOc1ccc(CO)c(OCC(C)(C)O)c1. The predicted molar refractivity (Wildman–Crippen MR) is 69.9 cm³/mol. The molecule has 102 valence electrons. The zero-order valence-corrected chi connectivity index (χ0v) is 11.3. The molecule has 0 atom stereocenters. The van der Waals surface area contributed by atoms with Crippen molar-refractivity contribution in [2.75, 3.05) is 13.2 Å². The third kappa shape index (κ3) is 4.94. The van der Waals surface area contributed by atoms with Crippen LogP contribution in [0.2, 0.25) is 0 Å². The van der Waals surface area contributed by atoms with E-state index in [9.17, 15) is 10.2 Å². The summed E-state index contributed by atoms with van der Waals surface area (Å²) >= 11 is 0. The second-order valence-electron chi connectivity index (χ2n) is 4.88. The van der Waals surface area contributed by atoms with Crippen LogP contribution in [0, 0.1) is 0 Å². The first-order chi connectivity index (χ1) is 8.46. The molecule has 0 fully saturated rings. The minimum Gasteiger partial charge on any atom is -0.493 e. The van der Waals surface area contributed by atoms with Crippen molar-refractivity contribution in [3.63, 3.8) is 0 Å². The molecule has 1 aromatic carbocycles. The van der Waals surface area contributed by atoms with E-state index in [2.05, 4.69) is 0 Å². The van der Waals surface area contributed by atoms with Gasteiger partial charge in [-0.3, -0.25) is 0 Å². The summed E-state index contributed by atoms with van der Waals surface area (Å²) in [6.45, 7) is 6.08. The lowest BCUT2D eigenvalue weighted by atomic mass is 10.1. The van der Waals surface area contributed by atoms with Crippen LogP contribution in [0.3, 0.4) is 0 Å². The Morgan fingerprint density at radius 2 is 1.94 bits per heavy atom. The predicted octanol–water partition coefficient (Wildman–Crippen LogP) is 2.12. The molecule has 0 aliphatic heterocycles. The normalized spacial score (nSPS) is 11.4.